The molecule has 0 spiro atoms. The minimum Gasteiger partial charge on any atom is -0.481 e. The second-order valence-corrected chi connectivity index (χ2v) is 4.55. The van der Waals surface area contributed by atoms with Gasteiger partial charge in [-0.1, -0.05) is 27.2 Å². The van der Waals surface area contributed by atoms with Crippen LogP contribution in [0.5, 0.6) is 0 Å². The van der Waals surface area contributed by atoms with E-state index in [0.717, 1.165) is 19.3 Å². The molecular formula is C12H22O3. The number of Topliss-reactive ketones (excluding diaryl/α,β-unsaturated/α-hetero) is 1. The molecule has 0 aromatic heterocycles. The molecule has 15 heavy (non-hydrogen) atoms. The molecule has 0 rings (SSSR count). The third-order valence-electron chi connectivity index (χ3n) is 2.56. The Labute approximate surface area is 91.9 Å². The zero-order chi connectivity index (χ0) is 11.8. The molecule has 1 N–H and O–H groups in total. The van der Waals surface area contributed by atoms with Gasteiger partial charge in [-0.25, -0.2) is 0 Å². The van der Waals surface area contributed by atoms with Gasteiger partial charge in [0.2, 0.25) is 0 Å². The minimum absolute atomic E-state index is 0.148. The summed E-state index contributed by atoms with van der Waals surface area (Å²) >= 11 is 0. The van der Waals surface area contributed by atoms with Gasteiger partial charge < -0.3 is 5.11 Å². The quantitative estimate of drug-likeness (QED) is 0.632. The third-order valence-corrected chi connectivity index (χ3v) is 2.56. The summed E-state index contributed by atoms with van der Waals surface area (Å²) in [5.41, 5.74) is 0. The molecule has 1 atom stereocenters. The van der Waals surface area contributed by atoms with E-state index in [0.29, 0.717) is 18.3 Å². The maximum absolute atomic E-state index is 11.2. The highest BCUT2D eigenvalue weighted by molar-refractivity contribution is 5.94. The van der Waals surface area contributed by atoms with Crippen molar-refractivity contribution in [3.05, 3.63) is 0 Å². The van der Waals surface area contributed by atoms with Crippen LogP contribution in [-0.2, 0) is 9.59 Å². The number of carboxylic acid groups (broad SMARTS) is 1. The van der Waals surface area contributed by atoms with Gasteiger partial charge >= 0.3 is 5.97 Å². The summed E-state index contributed by atoms with van der Waals surface area (Å²) in [6.07, 6.45) is 3.12. The Bertz CT molecular complexity index is 209. The number of hydrogen-bond donors (Lipinski definition) is 1. The normalized spacial score (nSPS) is 12.8. The van der Waals surface area contributed by atoms with Crippen LogP contribution in [0.3, 0.4) is 0 Å². The fraction of sp³-hybridized carbons (Fsp3) is 0.833. The molecule has 88 valence electrons. The zero-order valence-corrected chi connectivity index (χ0v) is 9.95. The van der Waals surface area contributed by atoms with E-state index in [4.69, 9.17) is 5.11 Å². The summed E-state index contributed by atoms with van der Waals surface area (Å²) in [5.74, 6) is 0.0360. The van der Waals surface area contributed by atoms with Gasteiger partial charge in [-0.2, -0.15) is 0 Å². The summed E-state index contributed by atoms with van der Waals surface area (Å²) in [4.78, 5) is 21.5. The summed E-state index contributed by atoms with van der Waals surface area (Å²) in [6, 6.07) is 0. The fourth-order valence-corrected chi connectivity index (χ4v) is 1.78. The summed E-state index contributed by atoms with van der Waals surface area (Å²) < 4.78 is 0. The lowest BCUT2D eigenvalue weighted by molar-refractivity contribution is -0.140. The van der Waals surface area contributed by atoms with Gasteiger partial charge in [0.25, 0.3) is 0 Å². The number of rotatable bonds is 8. The van der Waals surface area contributed by atoms with Gasteiger partial charge in [0.15, 0.2) is 0 Å². The number of carbonyl (C=O) groups is 2. The average Bonchev–Trinajstić information content (AvgIpc) is 2.10. The number of carboxylic acids is 1. The monoisotopic (exact) mass is 214 g/mol. The van der Waals surface area contributed by atoms with E-state index in [-0.39, 0.29) is 12.2 Å². The molecule has 0 fully saturated rings. The molecule has 0 aromatic carbocycles. The Morgan fingerprint density at radius 2 is 1.87 bits per heavy atom. The first-order chi connectivity index (χ1) is 6.95. The van der Waals surface area contributed by atoms with Crippen LogP contribution in [0.2, 0.25) is 0 Å². The summed E-state index contributed by atoms with van der Waals surface area (Å²) in [7, 11) is 0. The molecule has 0 aliphatic carbocycles. The Kier molecular flexibility index (Phi) is 7.01. The van der Waals surface area contributed by atoms with Gasteiger partial charge in [-0.15, -0.1) is 0 Å². The minimum atomic E-state index is -1.02. The summed E-state index contributed by atoms with van der Waals surface area (Å²) in [6.45, 7) is 6.46. The SMILES string of the molecule is CCC(CCC(=O)CC(=O)O)CC(C)C. The van der Waals surface area contributed by atoms with Crippen molar-refractivity contribution in [1.82, 2.24) is 0 Å². The smallest absolute Gasteiger partial charge is 0.310 e. The highest BCUT2D eigenvalue weighted by atomic mass is 16.4. The van der Waals surface area contributed by atoms with E-state index in [2.05, 4.69) is 20.8 Å². The lowest BCUT2D eigenvalue weighted by Gasteiger charge is -2.16. The Balaban J connectivity index is 3.79. The van der Waals surface area contributed by atoms with E-state index in [1.165, 1.54) is 0 Å². The highest BCUT2D eigenvalue weighted by Crippen LogP contribution is 2.20. The van der Waals surface area contributed by atoms with Crippen LogP contribution in [-0.4, -0.2) is 16.9 Å². The number of ketones is 1. The van der Waals surface area contributed by atoms with Crippen LogP contribution in [0.25, 0.3) is 0 Å². The van der Waals surface area contributed by atoms with Crippen molar-refractivity contribution in [1.29, 1.82) is 0 Å². The molecule has 0 aliphatic heterocycles. The highest BCUT2D eigenvalue weighted by Gasteiger charge is 2.13. The van der Waals surface area contributed by atoms with Crippen LogP contribution in [0.15, 0.2) is 0 Å². The Hall–Kier alpha value is -0.860. The van der Waals surface area contributed by atoms with Crippen molar-refractivity contribution in [2.75, 3.05) is 0 Å². The maximum atomic E-state index is 11.2. The lowest BCUT2D eigenvalue weighted by atomic mass is 9.90. The van der Waals surface area contributed by atoms with Crippen LogP contribution in [0.4, 0.5) is 0 Å². The summed E-state index contributed by atoms with van der Waals surface area (Å²) in [5, 5.41) is 8.43. The molecule has 3 heteroatoms. The first-order valence-corrected chi connectivity index (χ1v) is 5.69. The van der Waals surface area contributed by atoms with Gasteiger partial charge in [0, 0.05) is 6.42 Å². The first kappa shape index (κ1) is 14.1. The second-order valence-electron chi connectivity index (χ2n) is 4.55. The number of hydrogen-bond acceptors (Lipinski definition) is 2. The molecule has 0 aliphatic rings. The van der Waals surface area contributed by atoms with Crippen molar-refractivity contribution < 1.29 is 14.7 Å². The Morgan fingerprint density at radius 1 is 1.27 bits per heavy atom. The molecule has 3 nitrogen and oxygen atoms in total. The molecule has 1 unspecified atom stereocenters. The predicted octanol–water partition coefficient (Wildman–Crippen LogP) is 2.88. The van der Waals surface area contributed by atoms with Crippen molar-refractivity contribution in [3.63, 3.8) is 0 Å². The molecule has 0 saturated heterocycles. The van der Waals surface area contributed by atoms with Gasteiger partial charge in [0.1, 0.15) is 12.2 Å². The van der Waals surface area contributed by atoms with E-state index in [1.54, 1.807) is 0 Å². The fourth-order valence-electron chi connectivity index (χ4n) is 1.78. The van der Waals surface area contributed by atoms with E-state index < -0.39 is 5.97 Å². The molecular weight excluding hydrogens is 192 g/mol. The zero-order valence-electron chi connectivity index (χ0n) is 9.95. The van der Waals surface area contributed by atoms with Crippen LogP contribution in [0.1, 0.15) is 52.9 Å². The van der Waals surface area contributed by atoms with Crippen molar-refractivity contribution in [3.8, 4) is 0 Å². The average molecular weight is 214 g/mol. The van der Waals surface area contributed by atoms with E-state index >= 15 is 0 Å². The van der Waals surface area contributed by atoms with Gasteiger partial charge in [-0.3, -0.25) is 9.59 Å². The molecule has 0 radical (unpaired) electrons. The van der Waals surface area contributed by atoms with Gasteiger partial charge in [0.05, 0.1) is 0 Å². The van der Waals surface area contributed by atoms with E-state index in [1.807, 2.05) is 0 Å². The largest absolute Gasteiger partial charge is 0.481 e. The molecule has 0 saturated carbocycles. The van der Waals surface area contributed by atoms with Crippen LogP contribution >= 0.6 is 0 Å². The lowest BCUT2D eigenvalue weighted by Crippen LogP contribution is -2.10. The number of carbonyl (C=O) groups excluding carboxylic acids is 1. The number of aliphatic carboxylic acids is 1. The first-order valence-electron chi connectivity index (χ1n) is 5.69. The van der Waals surface area contributed by atoms with Crippen LogP contribution < -0.4 is 0 Å². The van der Waals surface area contributed by atoms with Crippen molar-refractivity contribution in [2.45, 2.75) is 52.9 Å². The molecule has 0 bridgehead atoms. The molecule has 0 amide bonds. The molecule has 0 aromatic rings. The van der Waals surface area contributed by atoms with Crippen LogP contribution in [0, 0.1) is 11.8 Å². The maximum Gasteiger partial charge on any atom is 0.310 e. The second kappa shape index (κ2) is 7.43. The third kappa shape index (κ3) is 8.16. The van der Waals surface area contributed by atoms with Crippen molar-refractivity contribution >= 4 is 11.8 Å². The standard InChI is InChI=1S/C12H22O3/c1-4-10(7-9(2)3)5-6-11(13)8-12(14)15/h9-10H,4-8H2,1-3H3,(H,14,15). The topological polar surface area (TPSA) is 54.4 Å². The van der Waals surface area contributed by atoms with Crippen molar-refractivity contribution in [2.24, 2.45) is 11.8 Å². The van der Waals surface area contributed by atoms with E-state index in [9.17, 15) is 9.59 Å². The Morgan fingerprint density at radius 3 is 2.27 bits per heavy atom. The predicted molar refractivity (Wildman–Crippen MR) is 59.7 cm³/mol. The molecule has 0 heterocycles. The van der Waals surface area contributed by atoms with Gasteiger partial charge in [-0.05, 0) is 24.7 Å².